The maximum Gasteiger partial charge on any atom is 0.328 e. The number of aromatic nitrogens is 2. The van der Waals surface area contributed by atoms with E-state index in [1.54, 1.807) is 0 Å². The van der Waals surface area contributed by atoms with Gasteiger partial charge in [0.15, 0.2) is 0 Å². The van der Waals surface area contributed by atoms with Crippen molar-refractivity contribution >= 4 is 16.0 Å². The molecular weight excluding hydrogens is 326 g/mol. The number of aromatic amines is 1. The van der Waals surface area contributed by atoms with E-state index in [0.29, 0.717) is 6.42 Å². The summed E-state index contributed by atoms with van der Waals surface area (Å²) >= 11 is 0. The Morgan fingerprint density at radius 2 is 1.96 bits per heavy atom. The van der Waals surface area contributed by atoms with Gasteiger partial charge in [0, 0.05) is 12.3 Å². The number of nitrogens with one attached hydrogen (secondary N) is 2. The molecular formula is C13H21N3O6S. The molecule has 10 heteroatoms. The third kappa shape index (κ3) is 5.64. The van der Waals surface area contributed by atoms with Gasteiger partial charge in [0.05, 0.1) is 11.8 Å². The van der Waals surface area contributed by atoms with E-state index in [9.17, 15) is 27.9 Å². The van der Waals surface area contributed by atoms with E-state index < -0.39 is 45.1 Å². The van der Waals surface area contributed by atoms with Crippen molar-refractivity contribution in [2.24, 2.45) is 5.92 Å². The molecule has 0 aliphatic rings. The van der Waals surface area contributed by atoms with E-state index >= 15 is 0 Å². The van der Waals surface area contributed by atoms with Crippen molar-refractivity contribution in [3.8, 4) is 0 Å². The van der Waals surface area contributed by atoms with Gasteiger partial charge in [-0.15, -0.1) is 0 Å². The number of carboxylic acids is 1. The zero-order valence-electron chi connectivity index (χ0n) is 13.1. The van der Waals surface area contributed by atoms with Gasteiger partial charge in [-0.05, 0) is 19.3 Å². The highest BCUT2D eigenvalue weighted by molar-refractivity contribution is 7.90. The summed E-state index contributed by atoms with van der Waals surface area (Å²) in [5.74, 6) is -1.28. The minimum absolute atomic E-state index is 0.131. The van der Waals surface area contributed by atoms with E-state index in [4.69, 9.17) is 0 Å². The fourth-order valence-electron chi connectivity index (χ4n) is 2.06. The first-order chi connectivity index (χ1) is 10.5. The zero-order valence-corrected chi connectivity index (χ0v) is 14.0. The lowest BCUT2D eigenvalue weighted by Gasteiger charge is -2.20. The molecule has 0 aromatic carbocycles. The Bertz CT molecular complexity index is 764. The van der Waals surface area contributed by atoms with Gasteiger partial charge in [-0.3, -0.25) is 19.1 Å². The number of rotatable bonds is 8. The smallest absolute Gasteiger partial charge is 0.328 e. The average molecular weight is 347 g/mol. The standard InChI is InChI=1S/C13H21N3O6S/c1-8(2)6-9(3)23(21,22)15-10(12(18)19)7-16-5-4-11(17)14-13(16)20/h4-5,8-10,15H,6-7H2,1-3H3,(H,18,19)(H,14,17,20). The van der Waals surface area contributed by atoms with Crippen LogP contribution in [0.25, 0.3) is 0 Å². The molecule has 0 spiro atoms. The number of hydrogen-bond donors (Lipinski definition) is 3. The van der Waals surface area contributed by atoms with Crippen molar-refractivity contribution < 1.29 is 18.3 Å². The first-order valence-corrected chi connectivity index (χ1v) is 8.61. The topological polar surface area (TPSA) is 138 Å². The summed E-state index contributed by atoms with van der Waals surface area (Å²) in [5, 5.41) is 8.43. The fourth-order valence-corrected chi connectivity index (χ4v) is 3.50. The Kier molecular flexibility index (Phi) is 6.28. The summed E-state index contributed by atoms with van der Waals surface area (Å²) in [5.41, 5.74) is -1.43. The van der Waals surface area contributed by atoms with Gasteiger partial charge in [0.1, 0.15) is 6.04 Å². The number of H-pyrrole nitrogens is 1. The van der Waals surface area contributed by atoms with Gasteiger partial charge < -0.3 is 5.11 Å². The summed E-state index contributed by atoms with van der Waals surface area (Å²) in [7, 11) is -3.86. The Morgan fingerprint density at radius 1 is 1.35 bits per heavy atom. The van der Waals surface area contributed by atoms with Crippen LogP contribution in [-0.2, 0) is 21.4 Å². The number of nitrogens with zero attached hydrogens (tertiary/aromatic N) is 1. The molecule has 3 N–H and O–H groups in total. The van der Waals surface area contributed by atoms with E-state index in [1.807, 2.05) is 18.8 Å². The second-order valence-corrected chi connectivity index (χ2v) is 7.89. The zero-order chi connectivity index (χ0) is 17.8. The van der Waals surface area contributed by atoms with Gasteiger partial charge in [-0.25, -0.2) is 13.2 Å². The summed E-state index contributed by atoms with van der Waals surface area (Å²) < 4.78 is 27.4. The lowest BCUT2D eigenvalue weighted by Crippen LogP contribution is -2.48. The Labute approximate surface area is 133 Å². The summed E-state index contributed by atoms with van der Waals surface area (Å²) in [6, 6.07) is -0.464. The fraction of sp³-hybridized carbons (Fsp3) is 0.615. The second-order valence-electron chi connectivity index (χ2n) is 5.76. The molecule has 0 amide bonds. The number of carbonyl (C=O) groups is 1. The Hall–Kier alpha value is -1.94. The maximum absolute atomic E-state index is 12.2. The quantitative estimate of drug-likeness (QED) is 0.571. The molecule has 0 bridgehead atoms. The van der Waals surface area contributed by atoms with Crippen LogP contribution in [0, 0.1) is 5.92 Å². The molecule has 1 rings (SSSR count). The van der Waals surface area contributed by atoms with E-state index in [2.05, 4.69) is 4.72 Å². The van der Waals surface area contributed by atoms with Crippen molar-refractivity contribution in [2.45, 2.75) is 45.0 Å². The van der Waals surface area contributed by atoms with Crippen LogP contribution in [0.15, 0.2) is 21.9 Å². The SMILES string of the molecule is CC(C)CC(C)S(=O)(=O)NC(Cn1ccc(=O)[nH]c1=O)C(=O)O. The third-order valence-corrected chi connectivity index (χ3v) is 5.08. The normalized spacial score (nSPS) is 14.6. The van der Waals surface area contributed by atoms with Crippen LogP contribution in [0.4, 0.5) is 0 Å². The highest BCUT2D eigenvalue weighted by Gasteiger charge is 2.29. The number of carboxylic acid groups (broad SMARTS) is 1. The molecule has 0 saturated heterocycles. The van der Waals surface area contributed by atoms with Crippen LogP contribution in [0.3, 0.4) is 0 Å². The van der Waals surface area contributed by atoms with Gasteiger partial charge in [0.25, 0.3) is 5.56 Å². The van der Waals surface area contributed by atoms with Crippen LogP contribution in [-0.4, -0.2) is 40.3 Å². The summed E-state index contributed by atoms with van der Waals surface area (Å²) in [6.07, 6.45) is 1.49. The Morgan fingerprint density at radius 3 is 2.43 bits per heavy atom. The molecule has 0 aliphatic heterocycles. The lowest BCUT2D eigenvalue weighted by molar-refractivity contribution is -0.139. The van der Waals surface area contributed by atoms with Gasteiger partial charge in [-0.2, -0.15) is 4.72 Å². The lowest BCUT2D eigenvalue weighted by atomic mass is 10.1. The molecule has 0 aliphatic carbocycles. The summed E-state index contributed by atoms with van der Waals surface area (Å²) in [6.45, 7) is 4.78. The Balaban J connectivity index is 2.97. The molecule has 0 radical (unpaired) electrons. The largest absolute Gasteiger partial charge is 0.480 e. The van der Waals surface area contributed by atoms with Crippen LogP contribution in [0.5, 0.6) is 0 Å². The van der Waals surface area contributed by atoms with E-state index in [1.165, 1.54) is 6.92 Å². The predicted octanol–water partition coefficient (Wildman–Crippen LogP) is -0.656. The van der Waals surface area contributed by atoms with Gasteiger partial charge in [0.2, 0.25) is 10.0 Å². The van der Waals surface area contributed by atoms with Crippen LogP contribution in [0.1, 0.15) is 27.2 Å². The average Bonchev–Trinajstić information content (AvgIpc) is 2.39. The van der Waals surface area contributed by atoms with E-state index in [0.717, 1.165) is 16.8 Å². The molecule has 1 heterocycles. The number of aliphatic carboxylic acids is 1. The molecule has 130 valence electrons. The van der Waals surface area contributed by atoms with Crippen LogP contribution in [0.2, 0.25) is 0 Å². The van der Waals surface area contributed by atoms with Gasteiger partial charge >= 0.3 is 11.7 Å². The first kappa shape index (κ1) is 19.1. The molecule has 0 fully saturated rings. The van der Waals surface area contributed by atoms with Crippen LogP contribution < -0.4 is 16.0 Å². The minimum Gasteiger partial charge on any atom is -0.480 e. The van der Waals surface area contributed by atoms with Crippen molar-refractivity contribution in [1.82, 2.24) is 14.3 Å². The maximum atomic E-state index is 12.2. The molecule has 23 heavy (non-hydrogen) atoms. The third-order valence-electron chi connectivity index (χ3n) is 3.21. The highest BCUT2D eigenvalue weighted by atomic mass is 32.2. The van der Waals surface area contributed by atoms with Crippen molar-refractivity contribution in [3.63, 3.8) is 0 Å². The molecule has 0 saturated carbocycles. The summed E-state index contributed by atoms with van der Waals surface area (Å²) in [4.78, 5) is 35.8. The number of hydrogen-bond acceptors (Lipinski definition) is 5. The van der Waals surface area contributed by atoms with E-state index in [-0.39, 0.29) is 5.92 Å². The number of sulfonamides is 1. The predicted molar refractivity (Wildman–Crippen MR) is 83.7 cm³/mol. The second kappa shape index (κ2) is 7.55. The molecule has 9 nitrogen and oxygen atoms in total. The molecule has 1 aromatic rings. The van der Waals surface area contributed by atoms with Crippen molar-refractivity contribution in [2.75, 3.05) is 0 Å². The van der Waals surface area contributed by atoms with Crippen LogP contribution >= 0.6 is 0 Å². The van der Waals surface area contributed by atoms with Crippen molar-refractivity contribution in [1.29, 1.82) is 0 Å². The molecule has 2 unspecified atom stereocenters. The molecule has 2 atom stereocenters. The monoisotopic (exact) mass is 347 g/mol. The highest BCUT2D eigenvalue weighted by Crippen LogP contribution is 2.12. The minimum atomic E-state index is -3.86. The van der Waals surface area contributed by atoms with Gasteiger partial charge in [-0.1, -0.05) is 13.8 Å². The van der Waals surface area contributed by atoms with Crippen molar-refractivity contribution in [3.05, 3.63) is 33.1 Å². The molecule has 1 aromatic heterocycles. The first-order valence-electron chi connectivity index (χ1n) is 7.06.